The van der Waals surface area contributed by atoms with Gasteiger partial charge in [-0.2, -0.15) is 0 Å². The first-order valence-corrected chi connectivity index (χ1v) is 9.92. The summed E-state index contributed by atoms with van der Waals surface area (Å²) in [5.41, 5.74) is 7.57. The molecular formula is C25H30O. The molecule has 2 aromatic carbocycles. The molecule has 136 valence electrons. The van der Waals surface area contributed by atoms with Crippen molar-refractivity contribution >= 4 is 11.6 Å². The predicted molar refractivity (Wildman–Crippen MR) is 110 cm³/mol. The Morgan fingerprint density at radius 1 is 0.885 bits per heavy atom. The molecule has 0 atom stereocenters. The lowest BCUT2D eigenvalue weighted by Crippen LogP contribution is -2.33. The number of aromatic hydroxyl groups is 1. The van der Waals surface area contributed by atoms with Gasteiger partial charge in [0.15, 0.2) is 0 Å². The molecule has 1 nitrogen and oxygen atoms in total. The summed E-state index contributed by atoms with van der Waals surface area (Å²) in [5, 5.41) is 9.55. The molecule has 0 heterocycles. The average molecular weight is 347 g/mol. The molecule has 1 saturated carbocycles. The van der Waals surface area contributed by atoms with Crippen LogP contribution in [-0.4, -0.2) is 5.11 Å². The lowest BCUT2D eigenvalue weighted by atomic mass is 9.63. The van der Waals surface area contributed by atoms with Gasteiger partial charge in [0.05, 0.1) is 0 Å². The van der Waals surface area contributed by atoms with Crippen molar-refractivity contribution in [3.05, 3.63) is 64.7 Å². The third kappa shape index (κ3) is 3.20. The summed E-state index contributed by atoms with van der Waals surface area (Å²) in [6.07, 6.45) is 7.40. The van der Waals surface area contributed by atoms with E-state index in [2.05, 4.69) is 52.0 Å². The zero-order valence-corrected chi connectivity index (χ0v) is 16.5. The first-order chi connectivity index (χ1) is 12.3. The molecule has 0 saturated heterocycles. The Hall–Kier alpha value is -2.02. The van der Waals surface area contributed by atoms with Gasteiger partial charge in [-0.3, -0.25) is 0 Å². The molecule has 0 spiro atoms. The number of phenolic OH excluding ortho intramolecular Hbond substituents is 1. The van der Waals surface area contributed by atoms with Crippen LogP contribution in [0.3, 0.4) is 0 Å². The molecule has 2 aliphatic rings. The molecule has 0 bridgehead atoms. The Balaban J connectivity index is 1.80. The molecule has 1 heteroatoms. The standard InChI is InChI=1S/C25H30O/c1-24(2)13-14-25(3,4)23-16-19(9-12-22(23)24)21(18-7-8-18)15-17-5-10-20(26)11-6-17/h5-6,9-12,15-16,18,26H,7-8,13-14H2,1-4H3. The monoisotopic (exact) mass is 346 g/mol. The Labute approximate surface area is 157 Å². The van der Waals surface area contributed by atoms with Crippen molar-refractivity contribution in [3.63, 3.8) is 0 Å². The molecule has 0 aliphatic heterocycles. The molecule has 0 aromatic heterocycles. The molecule has 0 unspecified atom stereocenters. The summed E-state index contributed by atoms with van der Waals surface area (Å²) in [7, 11) is 0. The second-order valence-corrected chi connectivity index (χ2v) is 9.49. The molecule has 26 heavy (non-hydrogen) atoms. The highest BCUT2D eigenvalue weighted by atomic mass is 16.3. The van der Waals surface area contributed by atoms with Crippen LogP contribution >= 0.6 is 0 Å². The van der Waals surface area contributed by atoms with Crippen LogP contribution in [-0.2, 0) is 10.8 Å². The van der Waals surface area contributed by atoms with Crippen LogP contribution in [0.5, 0.6) is 5.75 Å². The van der Waals surface area contributed by atoms with Gasteiger partial charge in [-0.05, 0) is 82.4 Å². The SMILES string of the molecule is CC1(C)CCC(C)(C)c2cc(C(=Cc3ccc(O)cc3)C3CC3)ccc21. The van der Waals surface area contributed by atoms with Gasteiger partial charge in [-0.15, -0.1) is 0 Å². The van der Waals surface area contributed by atoms with Crippen LogP contribution in [0.2, 0.25) is 0 Å². The second kappa shape index (κ2) is 6.01. The molecular weight excluding hydrogens is 316 g/mol. The summed E-state index contributed by atoms with van der Waals surface area (Å²) in [4.78, 5) is 0. The largest absolute Gasteiger partial charge is 0.508 e. The molecule has 4 rings (SSSR count). The molecule has 1 N–H and O–H groups in total. The van der Waals surface area contributed by atoms with Crippen molar-refractivity contribution in [1.29, 1.82) is 0 Å². The Kier molecular flexibility index (Phi) is 4.02. The number of hydrogen-bond acceptors (Lipinski definition) is 1. The van der Waals surface area contributed by atoms with Crippen molar-refractivity contribution in [2.75, 3.05) is 0 Å². The van der Waals surface area contributed by atoms with E-state index in [1.165, 1.54) is 53.5 Å². The maximum atomic E-state index is 9.55. The Morgan fingerprint density at radius 2 is 1.50 bits per heavy atom. The van der Waals surface area contributed by atoms with Crippen LogP contribution < -0.4 is 0 Å². The van der Waals surface area contributed by atoms with Crippen LogP contribution in [0.4, 0.5) is 0 Å². The predicted octanol–water partition coefficient (Wildman–Crippen LogP) is 6.69. The first-order valence-electron chi connectivity index (χ1n) is 9.92. The van der Waals surface area contributed by atoms with E-state index in [9.17, 15) is 5.11 Å². The highest BCUT2D eigenvalue weighted by molar-refractivity contribution is 5.84. The average Bonchev–Trinajstić information content (AvgIpc) is 3.43. The zero-order valence-electron chi connectivity index (χ0n) is 16.5. The third-order valence-corrected chi connectivity index (χ3v) is 6.42. The smallest absolute Gasteiger partial charge is 0.115 e. The minimum absolute atomic E-state index is 0.244. The van der Waals surface area contributed by atoms with Crippen LogP contribution in [0.15, 0.2) is 42.5 Å². The van der Waals surface area contributed by atoms with E-state index in [4.69, 9.17) is 0 Å². The van der Waals surface area contributed by atoms with Gasteiger partial charge < -0.3 is 5.11 Å². The fraction of sp³-hybridized carbons (Fsp3) is 0.440. The van der Waals surface area contributed by atoms with Crippen molar-refractivity contribution in [2.24, 2.45) is 5.92 Å². The summed E-state index contributed by atoms with van der Waals surface area (Å²) in [5.74, 6) is 1.01. The highest BCUT2D eigenvalue weighted by Crippen LogP contribution is 2.48. The zero-order chi connectivity index (χ0) is 18.5. The maximum Gasteiger partial charge on any atom is 0.115 e. The van der Waals surface area contributed by atoms with Gasteiger partial charge in [-0.1, -0.05) is 64.1 Å². The Bertz CT molecular complexity index is 848. The molecule has 2 aromatic rings. The van der Waals surface area contributed by atoms with Crippen LogP contribution in [0.1, 0.15) is 75.6 Å². The van der Waals surface area contributed by atoms with E-state index in [0.29, 0.717) is 11.7 Å². The summed E-state index contributed by atoms with van der Waals surface area (Å²) >= 11 is 0. The summed E-state index contributed by atoms with van der Waals surface area (Å²) in [6.45, 7) is 9.56. The van der Waals surface area contributed by atoms with E-state index >= 15 is 0 Å². The molecule has 2 aliphatic carbocycles. The molecule has 1 fully saturated rings. The van der Waals surface area contributed by atoms with Crippen molar-refractivity contribution < 1.29 is 5.11 Å². The lowest BCUT2D eigenvalue weighted by Gasteiger charge is -2.42. The lowest BCUT2D eigenvalue weighted by molar-refractivity contribution is 0.332. The van der Waals surface area contributed by atoms with Gasteiger partial charge in [0.25, 0.3) is 0 Å². The van der Waals surface area contributed by atoms with E-state index < -0.39 is 0 Å². The number of hydrogen-bond donors (Lipinski definition) is 1. The van der Waals surface area contributed by atoms with E-state index in [1.54, 1.807) is 12.1 Å². The normalized spacial score (nSPS) is 21.3. The molecule has 0 radical (unpaired) electrons. The second-order valence-electron chi connectivity index (χ2n) is 9.49. The van der Waals surface area contributed by atoms with E-state index in [-0.39, 0.29) is 10.8 Å². The minimum atomic E-state index is 0.244. The fourth-order valence-corrected chi connectivity index (χ4v) is 4.35. The highest BCUT2D eigenvalue weighted by Gasteiger charge is 2.37. The summed E-state index contributed by atoms with van der Waals surface area (Å²) in [6, 6.07) is 14.8. The number of rotatable bonds is 3. The minimum Gasteiger partial charge on any atom is -0.508 e. The number of benzene rings is 2. The van der Waals surface area contributed by atoms with Gasteiger partial charge >= 0.3 is 0 Å². The van der Waals surface area contributed by atoms with Gasteiger partial charge in [-0.25, -0.2) is 0 Å². The number of fused-ring (bicyclic) bond motifs is 1. The maximum absolute atomic E-state index is 9.55. The number of phenols is 1. The topological polar surface area (TPSA) is 20.2 Å². The Morgan fingerprint density at radius 3 is 2.12 bits per heavy atom. The van der Waals surface area contributed by atoms with Crippen LogP contribution in [0.25, 0.3) is 11.6 Å². The van der Waals surface area contributed by atoms with Crippen molar-refractivity contribution in [1.82, 2.24) is 0 Å². The van der Waals surface area contributed by atoms with Crippen molar-refractivity contribution in [3.8, 4) is 5.75 Å². The van der Waals surface area contributed by atoms with Gasteiger partial charge in [0, 0.05) is 0 Å². The number of allylic oxidation sites excluding steroid dienone is 1. The fourth-order valence-electron chi connectivity index (χ4n) is 4.35. The third-order valence-electron chi connectivity index (χ3n) is 6.42. The van der Waals surface area contributed by atoms with Gasteiger partial charge in [0.2, 0.25) is 0 Å². The van der Waals surface area contributed by atoms with Crippen molar-refractivity contribution in [2.45, 2.75) is 64.2 Å². The summed E-state index contributed by atoms with van der Waals surface area (Å²) < 4.78 is 0. The quantitative estimate of drug-likeness (QED) is 0.614. The van der Waals surface area contributed by atoms with E-state index in [0.717, 1.165) is 0 Å². The first kappa shape index (κ1) is 17.4. The van der Waals surface area contributed by atoms with Gasteiger partial charge in [0.1, 0.15) is 5.75 Å². The van der Waals surface area contributed by atoms with E-state index in [1.807, 2.05) is 12.1 Å². The molecule has 0 amide bonds. The van der Waals surface area contributed by atoms with Crippen LogP contribution in [0, 0.1) is 5.92 Å².